The normalized spacial score (nSPS) is 22.6. The van der Waals surface area contributed by atoms with Gasteiger partial charge in [-0.3, -0.25) is 0 Å². The fraction of sp³-hybridized carbons (Fsp3) is 0.538. The van der Waals surface area contributed by atoms with E-state index in [1.165, 1.54) is 11.1 Å². The van der Waals surface area contributed by atoms with E-state index >= 15 is 0 Å². The Morgan fingerprint density at radius 1 is 1.41 bits per heavy atom. The third-order valence-electron chi connectivity index (χ3n) is 3.33. The number of sulfone groups is 1. The van der Waals surface area contributed by atoms with Crippen molar-refractivity contribution in [2.45, 2.75) is 32.7 Å². The Balaban J connectivity index is 2.09. The molecular formula is C13H19NO2S. The third kappa shape index (κ3) is 3.00. The van der Waals surface area contributed by atoms with Crippen LogP contribution in [0.5, 0.6) is 0 Å². The second-order valence-corrected chi connectivity index (χ2v) is 6.97. The van der Waals surface area contributed by atoms with Crippen LogP contribution in [0.2, 0.25) is 0 Å². The molecular weight excluding hydrogens is 234 g/mol. The molecule has 1 heterocycles. The van der Waals surface area contributed by atoms with E-state index in [1.807, 2.05) is 6.07 Å². The number of rotatable bonds is 3. The molecule has 1 aromatic rings. The van der Waals surface area contributed by atoms with Crippen LogP contribution in [0.15, 0.2) is 18.2 Å². The molecule has 0 saturated carbocycles. The summed E-state index contributed by atoms with van der Waals surface area (Å²) in [6.07, 6.45) is 1.72. The van der Waals surface area contributed by atoms with Crippen LogP contribution in [0.1, 0.15) is 24.5 Å². The number of anilines is 1. The Bertz CT molecular complexity index is 508. The van der Waals surface area contributed by atoms with E-state index < -0.39 is 9.84 Å². The molecule has 0 radical (unpaired) electrons. The Labute approximate surface area is 103 Å². The molecule has 2 rings (SSSR count). The molecule has 1 fully saturated rings. The third-order valence-corrected chi connectivity index (χ3v) is 5.10. The number of aryl methyl sites for hydroxylation is 2. The van der Waals surface area contributed by atoms with Crippen molar-refractivity contribution in [3.63, 3.8) is 0 Å². The topological polar surface area (TPSA) is 46.2 Å². The van der Waals surface area contributed by atoms with Gasteiger partial charge in [-0.15, -0.1) is 0 Å². The lowest BCUT2D eigenvalue weighted by Crippen LogP contribution is -2.20. The average Bonchev–Trinajstić information content (AvgIpc) is 2.61. The fourth-order valence-corrected chi connectivity index (χ4v) is 3.96. The lowest BCUT2D eigenvalue weighted by molar-refractivity contribution is 0.602. The summed E-state index contributed by atoms with van der Waals surface area (Å²) in [4.78, 5) is 0. The molecule has 1 aliphatic heterocycles. The summed E-state index contributed by atoms with van der Waals surface area (Å²) >= 11 is 0. The lowest BCUT2D eigenvalue weighted by atomic mass is 10.1. The van der Waals surface area contributed by atoms with Crippen LogP contribution in [0.3, 0.4) is 0 Å². The highest BCUT2D eigenvalue weighted by molar-refractivity contribution is 7.91. The van der Waals surface area contributed by atoms with Crippen LogP contribution < -0.4 is 5.32 Å². The summed E-state index contributed by atoms with van der Waals surface area (Å²) in [6, 6.07) is 6.32. The molecule has 3 nitrogen and oxygen atoms in total. The summed E-state index contributed by atoms with van der Waals surface area (Å²) in [5.41, 5.74) is 3.64. The largest absolute Gasteiger partial charge is 0.381 e. The molecule has 1 atom stereocenters. The van der Waals surface area contributed by atoms with Gasteiger partial charge < -0.3 is 5.32 Å². The van der Waals surface area contributed by atoms with Gasteiger partial charge in [0.25, 0.3) is 0 Å². The first-order valence-corrected chi connectivity index (χ1v) is 7.89. The minimum absolute atomic E-state index is 0.0763. The Morgan fingerprint density at radius 3 is 2.76 bits per heavy atom. The van der Waals surface area contributed by atoms with E-state index in [-0.39, 0.29) is 11.8 Å². The molecule has 4 heteroatoms. The van der Waals surface area contributed by atoms with Gasteiger partial charge in [0.1, 0.15) is 0 Å². The smallest absolute Gasteiger partial charge is 0.152 e. The van der Waals surface area contributed by atoms with E-state index in [4.69, 9.17) is 0 Å². The van der Waals surface area contributed by atoms with E-state index in [0.29, 0.717) is 5.75 Å². The SMILES string of the molecule is CCc1cc(NC2CCS(=O)(=O)C2)ccc1C. The van der Waals surface area contributed by atoms with Crippen molar-refractivity contribution in [2.24, 2.45) is 0 Å². The molecule has 0 aromatic heterocycles. The van der Waals surface area contributed by atoms with Crippen LogP contribution >= 0.6 is 0 Å². The maximum Gasteiger partial charge on any atom is 0.152 e. The number of benzene rings is 1. The fourth-order valence-electron chi connectivity index (χ4n) is 2.29. The molecule has 1 N–H and O–H groups in total. The standard InChI is InChI=1S/C13H19NO2S/c1-3-11-8-12(5-4-10(11)2)14-13-6-7-17(15,16)9-13/h4-5,8,13-14H,3,6-7,9H2,1-2H3. The molecule has 0 aliphatic carbocycles. The summed E-state index contributed by atoms with van der Waals surface area (Å²) in [5.74, 6) is 0.583. The Morgan fingerprint density at radius 2 is 2.18 bits per heavy atom. The molecule has 1 aliphatic rings. The number of hydrogen-bond acceptors (Lipinski definition) is 3. The van der Waals surface area contributed by atoms with Gasteiger partial charge in [0.05, 0.1) is 11.5 Å². The van der Waals surface area contributed by atoms with Gasteiger partial charge in [0.15, 0.2) is 9.84 Å². The van der Waals surface area contributed by atoms with E-state index in [9.17, 15) is 8.42 Å². The first kappa shape index (κ1) is 12.4. The predicted octanol–water partition coefficient (Wildman–Crippen LogP) is 2.16. The molecule has 94 valence electrons. The van der Waals surface area contributed by atoms with Crippen LogP contribution in [0.25, 0.3) is 0 Å². The van der Waals surface area contributed by atoms with E-state index in [2.05, 4.69) is 31.3 Å². The van der Waals surface area contributed by atoms with Gasteiger partial charge in [-0.05, 0) is 43.0 Å². The van der Waals surface area contributed by atoms with E-state index in [0.717, 1.165) is 18.5 Å². The summed E-state index contributed by atoms with van der Waals surface area (Å²) in [7, 11) is -2.80. The van der Waals surface area contributed by atoms with Crippen LogP contribution in [-0.2, 0) is 16.3 Å². The second kappa shape index (κ2) is 4.69. The Kier molecular flexibility index (Phi) is 3.43. The van der Waals surface area contributed by atoms with Crippen molar-refractivity contribution < 1.29 is 8.42 Å². The minimum atomic E-state index is -2.80. The maximum atomic E-state index is 11.4. The van der Waals surface area contributed by atoms with Crippen LogP contribution in [-0.4, -0.2) is 26.0 Å². The van der Waals surface area contributed by atoms with Gasteiger partial charge >= 0.3 is 0 Å². The van der Waals surface area contributed by atoms with Gasteiger partial charge in [-0.1, -0.05) is 13.0 Å². The maximum absolute atomic E-state index is 11.4. The van der Waals surface area contributed by atoms with Crippen molar-refractivity contribution >= 4 is 15.5 Å². The van der Waals surface area contributed by atoms with Crippen molar-refractivity contribution in [2.75, 3.05) is 16.8 Å². The molecule has 1 saturated heterocycles. The lowest BCUT2D eigenvalue weighted by Gasteiger charge is -2.14. The van der Waals surface area contributed by atoms with Gasteiger partial charge in [-0.2, -0.15) is 0 Å². The van der Waals surface area contributed by atoms with Gasteiger partial charge in [-0.25, -0.2) is 8.42 Å². The molecule has 0 bridgehead atoms. The molecule has 17 heavy (non-hydrogen) atoms. The van der Waals surface area contributed by atoms with Crippen molar-refractivity contribution in [3.05, 3.63) is 29.3 Å². The first-order chi connectivity index (χ1) is 8.00. The zero-order valence-corrected chi connectivity index (χ0v) is 11.2. The highest BCUT2D eigenvalue weighted by Gasteiger charge is 2.27. The molecule has 1 aromatic carbocycles. The monoisotopic (exact) mass is 253 g/mol. The minimum Gasteiger partial charge on any atom is -0.381 e. The average molecular weight is 253 g/mol. The number of hydrogen-bond donors (Lipinski definition) is 1. The highest BCUT2D eigenvalue weighted by atomic mass is 32.2. The summed E-state index contributed by atoms with van der Waals surface area (Å²) < 4.78 is 22.7. The van der Waals surface area contributed by atoms with Crippen molar-refractivity contribution in [3.8, 4) is 0 Å². The summed E-state index contributed by atoms with van der Waals surface area (Å²) in [5, 5.41) is 3.32. The molecule has 0 spiro atoms. The van der Waals surface area contributed by atoms with Gasteiger partial charge in [0, 0.05) is 11.7 Å². The molecule has 0 amide bonds. The summed E-state index contributed by atoms with van der Waals surface area (Å²) in [6.45, 7) is 4.23. The molecule has 1 unspecified atom stereocenters. The van der Waals surface area contributed by atoms with Crippen molar-refractivity contribution in [1.29, 1.82) is 0 Å². The van der Waals surface area contributed by atoms with Gasteiger partial charge in [0.2, 0.25) is 0 Å². The van der Waals surface area contributed by atoms with Crippen molar-refractivity contribution in [1.82, 2.24) is 0 Å². The zero-order valence-electron chi connectivity index (χ0n) is 10.4. The van der Waals surface area contributed by atoms with Crippen LogP contribution in [0, 0.1) is 6.92 Å². The zero-order chi connectivity index (χ0) is 12.5. The Hall–Kier alpha value is -1.03. The number of nitrogens with one attached hydrogen (secondary N) is 1. The predicted molar refractivity (Wildman–Crippen MR) is 71.2 cm³/mol. The highest BCUT2D eigenvalue weighted by Crippen LogP contribution is 2.20. The van der Waals surface area contributed by atoms with E-state index in [1.54, 1.807) is 0 Å². The quantitative estimate of drug-likeness (QED) is 0.898. The van der Waals surface area contributed by atoms with Crippen LogP contribution in [0.4, 0.5) is 5.69 Å². The first-order valence-electron chi connectivity index (χ1n) is 6.06. The second-order valence-electron chi connectivity index (χ2n) is 4.74.